The van der Waals surface area contributed by atoms with Gasteiger partial charge in [0.2, 0.25) is 5.91 Å². The number of piperidine rings is 2. The number of imidazole rings is 1. The van der Waals surface area contributed by atoms with Crippen molar-refractivity contribution >= 4 is 5.91 Å². The van der Waals surface area contributed by atoms with Crippen LogP contribution >= 0.6 is 0 Å². The second-order valence-electron chi connectivity index (χ2n) is 7.58. The van der Waals surface area contributed by atoms with Crippen LogP contribution in [0.1, 0.15) is 37.2 Å². The van der Waals surface area contributed by atoms with Gasteiger partial charge in [-0.25, -0.2) is 4.98 Å². The van der Waals surface area contributed by atoms with Crippen molar-refractivity contribution in [3.05, 3.63) is 17.7 Å². The third-order valence-electron chi connectivity index (χ3n) is 5.53. The van der Waals surface area contributed by atoms with E-state index in [1.54, 1.807) is 0 Å². The van der Waals surface area contributed by atoms with Gasteiger partial charge in [-0.05, 0) is 59.3 Å². The summed E-state index contributed by atoms with van der Waals surface area (Å²) in [5.41, 5.74) is 1.04. The SMILES string of the molecule is Cc1cnc(CN(C)C(=O)[C@@H]2CCCN(C3CCN(C)CC3)C2)[nH]1. The minimum Gasteiger partial charge on any atom is -0.345 e. The number of aromatic nitrogens is 2. The van der Waals surface area contributed by atoms with Crippen molar-refractivity contribution in [3.63, 3.8) is 0 Å². The molecule has 0 saturated carbocycles. The fourth-order valence-electron chi connectivity index (χ4n) is 4.06. The van der Waals surface area contributed by atoms with Crippen LogP contribution in [-0.4, -0.2) is 76.9 Å². The number of hydrogen-bond donors (Lipinski definition) is 1. The number of H-pyrrole nitrogens is 1. The van der Waals surface area contributed by atoms with Crippen LogP contribution in [0, 0.1) is 12.8 Å². The fourth-order valence-corrected chi connectivity index (χ4v) is 4.06. The fraction of sp³-hybridized carbons (Fsp3) is 0.778. The molecule has 0 aromatic carbocycles. The Morgan fingerprint density at radius 2 is 2.08 bits per heavy atom. The van der Waals surface area contributed by atoms with Gasteiger partial charge in [-0.1, -0.05) is 0 Å². The van der Waals surface area contributed by atoms with Crippen molar-refractivity contribution < 1.29 is 4.79 Å². The predicted octanol–water partition coefficient (Wildman–Crippen LogP) is 1.48. The van der Waals surface area contributed by atoms with Gasteiger partial charge in [0.25, 0.3) is 0 Å². The zero-order valence-electron chi connectivity index (χ0n) is 15.3. The lowest BCUT2D eigenvalue weighted by atomic mass is 9.93. The predicted molar refractivity (Wildman–Crippen MR) is 94.6 cm³/mol. The molecule has 0 radical (unpaired) electrons. The Morgan fingerprint density at radius 3 is 2.75 bits per heavy atom. The van der Waals surface area contributed by atoms with E-state index in [1.807, 2.05) is 25.1 Å². The maximum absolute atomic E-state index is 12.8. The number of aromatic amines is 1. The molecule has 0 bridgehead atoms. The third-order valence-corrected chi connectivity index (χ3v) is 5.53. The largest absolute Gasteiger partial charge is 0.345 e. The molecule has 1 aromatic rings. The van der Waals surface area contributed by atoms with E-state index in [4.69, 9.17) is 0 Å². The van der Waals surface area contributed by atoms with E-state index < -0.39 is 0 Å². The van der Waals surface area contributed by atoms with Crippen LogP contribution in [-0.2, 0) is 11.3 Å². The van der Waals surface area contributed by atoms with Crippen LogP contribution in [0.25, 0.3) is 0 Å². The van der Waals surface area contributed by atoms with Gasteiger partial charge in [-0.2, -0.15) is 0 Å². The van der Waals surface area contributed by atoms with E-state index in [9.17, 15) is 4.79 Å². The van der Waals surface area contributed by atoms with Gasteiger partial charge >= 0.3 is 0 Å². The van der Waals surface area contributed by atoms with E-state index in [1.165, 1.54) is 25.9 Å². The van der Waals surface area contributed by atoms with E-state index in [2.05, 4.69) is 26.8 Å². The standard InChI is InChI=1S/C18H31N5O/c1-14-11-19-17(20-14)13-22(3)18(24)15-5-4-8-23(12-15)16-6-9-21(2)10-7-16/h11,15-16H,4-10,12-13H2,1-3H3,(H,19,20)/t15-/m1/s1. The normalized spacial score (nSPS) is 24.2. The molecule has 0 spiro atoms. The molecular weight excluding hydrogens is 302 g/mol. The summed E-state index contributed by atoms with van der Waals surface area (Å²) in [5.74, 6) is 1.27. The van der Waals surface area contributed by atoms with Gasteiger partial charge in [-0.3, -0.25) is 9.69 Å². The average molecular weight is 333 g/mol. The molecule has 2 fully saturated rings. The number of likely N-dealkylation sites (tertiary alicyclic amines) is 2. The summed E-state index contributed by atoms with van der Waals surface area (Å²) in [6.45, 7) is 6.99. The van der Waals surface area contributed by atoms with Crippen LogP contribution < -0.4 is 0 Å². The smallest absolute Gasteiger partial charge is 0.227 e. The summed E-state index contributed by atoms with van der Waals surface area (Å²) >= 11 is 0. The van der Waals surface area contributed by atoms with Gasteiger partial charge in [0, 0.05) is 31.5 Å². The maximum atomic E-state index is 12.8. The Morgan fingerprint density at radius 1 is 1.33 bits per heavy atom. The van der Waals surface area contributed by atoms with Gasteiger partial charge in [-0.15, -0.1) is 0 Å². The van der Waals surface area contributed by atoms with Crippen LogP contribution in [0.4, 0.5) is 0 Å². The van der Waals surface area contributed by atoms with Gasteiger partial charge in [0.15, 0.2) is 0 Å². The Labute approximate surface area is 145 Å². The third kappa shape index (κ3) is 4.16. The van der Waals surface area contributed by atoms with Crippen molar-refractivity contribution in [1.29, 1.82) is 0 Å². The Bertz CT molecular complexity index is 549. The molecule has 3 heterocycles. The number of aryl methyl sites for hydroxylation is 1. The number of amides is 1. The quantitative estimate of drug-likeness (QED) is 0.907. The highest BCUT2D eigenvalue weighted by molar-refractivity contribution is 5.78. The molecular formula is C18H31N5O. The number of hydrogen-bond acceptors (Lipinski definition) is 4. The Kier molecular flexibility index (Phi) is 5.56. The molecule has 134 valence electrons. The van der Waals surface area contributed by atoms with E-state index >= 15 is 0 Å². The molecule has 0 unspecified atom stereocenters. The lowest BCUT2D eigenvalue weighted by molar-refractivity contribution is -0.137. The first-order chi connectivity index (χ1) is 11.5. The minimum atomic E-state index is 0.138. The summed E-state index contributed by atoms with van der Waals surface area (Å²) in [6, 6.07) is 0.662. The van der Waals surface area contributed by atoms with Gasteiger partial charge in [0.1, 0.15) is 5.82 Å². The van der Waals surface area contributed by atoms with Crippen LogP contribution in [0.3, 0.4) is 0 Å². The van der Waals surface area contributed by atoms with Gasteiger partial charge < -0.3 is 14.8 Å². The molecule has 6 nitrogen and oxygen atoms in total. The highest BCUT2D eigenvalue weighted by atomic mass is 16.2. The van der Waals surface area contributed by atoms with Crippen LogP contribution in [0.5, 0.6) is 0 Å². The van der Waals surface area contributed by atoms with Crippen molar-refractivity contribution in [1.82, 2.24) is 24.7 Å². The topological polar surface area (TPSA) is 55.5 Å². The molecule has 3 rings (SSSR count). The van der Waals surface area contributed by atoms with Crippen LogP contribution in [0.15, 0.2) is 6.20 Å². The lowest BCUT2D eigenvalue weighted by Gasteiger charge is -2.41. The first-order valence-corrected chi connectivity index (χ1v) is 9.21. The second-order valence-corrected chi connectivity index (χ2v) is 7.58. The molecule has 1 atom stereocenters. The minimum absolute atomic E-state index is 0.138. The highest BCUT2D eigenvalue weighted by Crippen LogP contribution is 2.24. The molecule has 2 saturated heterocycles. The highest BCUT2D eigenvalue weighted by Gasteiger charge is 2.32. The molecule has 1 amide bonds. The molecule has 1 N–H and O–H groups in total. The zero-order valence-corrected chi connectivity index (χ0v) is 15.3. The summed E-state index contributed by atoms with van der Waals surface area (Å²) in [6.07, 6.45) is 6.44. The molecule has 24 heavy (non-hydrogen) atoms. The van der Waals surface area contributed by atoms with Crippen LogP contribution in [0.2, 0.25) is 0 Å². The number of carbonyl (C=O) groups is 1. The van der Waals surface area contributed by atoms with Gasteiger partial charge in [0.05, 0.1) is 12.5 Å². The van der Waals surface area contributed by atoms with E-state index in [0.29, 0.717) is 12.6 Å². The molecule has 2 aliphatic heterocycles. The summed E-state index contributed by atoms with van der Waals surface area (Å²) in [4.78, 5) is 27.2. The Hall–Kier alpha value is -1.40. The summed E-state index contributed by atoms with van der Waals surface area (Å²) in [5, 5.41) is 0. The van der Waals surface area contributed by atoms with Crippen molar-refractivity contribution in [3.8, 4) is 0 Å². The summed E-state index contributed by atoms with van der Waals surface area (Å²) in [7, 11) is 4.10. The number of rotatable bonds is 4. The second kappa shape index (κ2) is 7.66. The number of carbonyl (C=O) groups excluding carboxylic acids is 1. The maximum Gasteiger partial charge on any atom is 0.227 e. The molecule has 1 aromatic heterocycles. The lowest BCUT2D eigenvalue weighted by Crippen LogP contribution is -2.50. The Balaban J connectivity index is 1.54. The first kappa shape index (κ1) is 17.4. The van der Waals surface area contributed by atoms with E-state index in [0.717, 1.165) is 37.4 Å². The monoisotopic (exact) mass is 333 g/mol. The average Bonchev–Trinajstić information content (AvgIpc) is 3.00. The number of nitrogens with one attached hydrogen (secondary N) is 1. The molecule has 6 heteroatoms. The first-order valence-electron chi connectivity index (χ1n) is 9.21. The van der Waals surface area contributed by atoms with Crippen molar-refractivity contribution in [2.75, 3.05) is 40.3 Å². The molecule has 2 aliphatic rings. The zero-order chi connectivity index (χ0) is 17.1. The van der Waals surface area contributed by atoms with Crippen molar-refractivity contribution in [2.45, 2.75) is 45.2 Å². The summed E-state index contributed by atoms with van der Waals surface area (Å²) < 4.78 is 0. The number of nitrogens with zero attached hydrogens (tertiary/aromatic N) is 4. The molecule has 0 aliphatic carbocycles. The van der Waals surface area contributed by atoms with E-state index in [-0.39, 0.29) is 11.8 Å². The van der Waals surface area contributed by atoms with Crippen molar-refractivity contribution in [2.24, 2.45) is 5.92 Å².